The van der Waals surface area contributed by atoms with Crippen LogP contribution in [0.15, 0.2) is 42.6 Å². The molecule has 2 aromatic carbocycles. The van der Waals surface area contributed by atoms with Crippen LogP contribution in [0.1, 0.15) is 67.8 Å². The van der Waals surface area contributed by atoms with Crippen molar-refractivity contribution in [2.75, 3.05) is 25.0 Å². The third kappa shape index (κ3) is 6.68. The van der Waals surface area contributed by atoms with Gasteiger partial charge in [0.05, 0.1) is 34.9 Å². The highest BCUT2D eigenvalue weighted by Gasteiger charge is 2.49. The Kier molecular flexibility index (Phi) is 10.0. The van der Waals surface area contributed by atoms with Gasteiger partial charge in [-0.05, 0) is 68.7 Å². The van der Waals surface area contributed by atoms with Gasteiger partial charge in [0.15, 0.2) is 0 Å². The van der Waals surface area contributed by atoms with Crippen LogP contribution in [0.5, 0.6) is 0 Å². The summed E-state index contributed by atoms with van der Waals surface area (Å²) in [6.45, 7) is 3.36. The number of fused-ring (bicyclic) bond motifs is 1. The molecule has 2 fully saturated rings. The zero-order chi connectivity index (χ0) is 31.4. The minimum absolute atomic E-state index is 0.0602. The number of para-hydroxylation sites is 1. The first kappa shape index (κ1) is 32.1. The molecule has 3 aromatic rings. The minimum atomic E-state index is -1.71. The smallest absolute Gasteiger partial charge is 0.306 e. The summed E-state index contributed by atoms with van der Waals surface area (Å²) in [6.07, 6.45) is 5.25. The van der Waals surface area contributed by atoms with Gasteiger partial charge in [-0.1, -0.05) is 36.7 Å². The summed E-state index contributed by atoms with van der Waals surface area (Å²) in [5.74, 6) is -4.54. The number of nitrogens with one attached hydrogen (secondary N) is 1. The summed E-state index contributed by atoms with van der Waals surface area (Å²) in [4.78, 5) is 40.7. The van der Waals surface area contributed by atoms with Crippen LogP contribution in [0.25, 0.3) is 10.9 Å². The molecule has 1 aliphatic heterocycles. The number of hydrogen-bond donors (Lipinski definition) is 2. The highest BCUT2D eigenvalue weighted by Crippen LogP contribution is 2.35. The lowest BCUT2D eigenvalue weighted by molar-refractivity contribution is -0.311. The number of rotatable bonds is 12. The number of anilines is 1. The zero-order valence-corrected chi connectivity index (χ0v) is 25.9. The van der Waals surface area contributed by atoms with Crippen LogP contribution < -0.4 is 5.32 Å². The van der Waals surface area contributed by atoms with E-state index in [9.17, 15) is 19.5 Å². The van der Waals surface area contributed by atoms with E-state index in [0.717, 1.165) is 29.8 Å². The Morgan fingerprint density at radius 3 is 2.50 bits per heavy atom. The van der Waals surface area contributed by atoms with Gasteiger partial charge in [-0.25, -0.2) is 9.29 Å². The third-order valence-electron chi connectivity index (χ3n) is 8.60. The molecule has 1 aliphatic carbocycles. The number of carboxylic acid groups (broad SMARTS) is 1. The van der Waals surface area contributed by atoms with Gasteiger partial charge in [0, 0.05) is 43.7 Å². The Hall–Kier alpha value is -3.31. The maximum absolute atomic E-state index is 15.6. The molecule has 11 heteroatoms. The van der Waals surface area contributed by atoms with E-state index >= 15 is 4.39 Å². The molecule has 2 N–H and O–H groups in total. The number of aryl methyl sites for hydroxylation is 1. The lowest BCUT2D eigenvalue weighted by atomic mass is 9.87. The highest BCUT2D eigenvalue weighted by molar-refractivity contribution is 6.34. The predicted octanol–water partition coefficient (Wildman–Crippen LogP) is 6.17. The Morgan fingerprint density at radius 1 is 1.11 bits per heavy atom. The van der Waals surface area contributed by atoms with Gasteiger partial charge in [0.2, 0.25) is 5.78 Å². The number of aromatic nitrogens is 1. The van der Waals surface area contributed by atoms with Crippen LogP contribution in [0.3, 0.4) is 0 Å². The lowest BCUT2D eigenvalue weighted by Gasteiger charge is -2.43. The molecule has 0 spiro atoms. The van der Waals surface area contributed by atoms with Gasteiger partial charge in [-0.3, -0.25) is 14.4 Å². The van der Waals surface area contributed by atoms with Gasteiger partial charge in [-0.15, -0.1) is 0 Å². The monoisotopic (exact) mass is 627 g/mol. The highest BCUT2D eigenvalue weighted by atomic mass is 35.5. The van der Waals surface area contributed by atoms with Crippen molar-refractivity contribution in [3.8, 4) is 0 Å². The number of carbonyl (C=O) groups is 3. The number of ether oxygens (including phenoxy) is 2. The van der Waals surface area contributed by atoms with Gasteiger partial charge in [0.25, 0.3) is 11.8 Å². The van der Waals surface area contributed by atoms with E-state index in [4.69, 9.17) is 21.1 Å². The molecule has 1 saturated carbocycles. The summed E-state index contributed by atoms with van der Waals surface area (Å²) >= 11 is 6.54. The van der Waals surface area contributed by atoms with Crippen molar-refractivity contribution in [2.24, 2.45) is 13.0 Å². The summed E-state index contributed by atoms with van der Waals surface area (Å²) in [5.41, 5.74) is 1.47. The number of benzene rings is 2. The first-order chi connectivity index (χ1) is 21.1. The van der Waals surface area contributed by atoms with Crippen LogP contribution in [0, 0.1) is 11.7 Å². The van der Waals surface area contributed by atoms with Gasteiger partial charge >= 0.3 is 5.97 Å². The van der Waals surface area contributed by atoms with Crippen LogP contribution in [0.2, 0.25) is 5.02 Å². The molecule has 2 aliphatic rings. The SMILES string of the molecule is CCCOC(OC1CCC(C(=O)O)CC1)(C(=O)Cc1cc(Cl)c(NC(=O)c2cn(C)c3ccccc23)cc1F)N1CCCC1. The molecular formula is C33H39ClFN3O6. The maximum atomic E-state index is 15.6. The van der Waals surface area contributed by atoms with E-state index in [1.54, 1.807) is 6.20 Å². The molecule has 1 saturated heterocycles. The normalized spacial score (nSPS) is 20.5. The minimum Gasteiger partial charge on any atom is -0.481 e. The van der Waals surface area contributed by atoms with Crippen molar-refractivity contribution < 1.29 is 33.4 Å². The molecule has 1 unspecified atom stereocenters. The van der Waals surface area contributed by atoms with E-state index in [0.29, 0.717) is 50.8 Å². The predicted molar refractivity (Wildman–Crippen MR) is 165 cm³/mol. The molecule has 2 heterocycles. The first-order valence-corrected chi connectivity index (χ1v) is 15.7. The van der Waals surface area contributed by atoms with Crippen molar-refractivity contribution in [1.29, 1.82) is 0 Å². The molecule has 0 radical (unpaired) electrons. The van der Waals surface area contributed by atoms with E-state index in [1.165, 1.54) is 6.07 Å². The van der Waals surface area contributed by atoms with Crippen molar-refractivity contribution in [3.05, 3.63) is 64.6 Å². The fourth-order valence-electron chi connectivity index (χ4n) is 6.24. The average molecular weight is 628 g/mol. The maximum Gasteiger partial charge on any atom is 0.306 e. The Bertz CT molecular complexity index is 1530. The van der Waals surface area contributed by atoms with Crippen LogP contribution in [-0.4, -0.2) is 63.9 Å². The largest absolute Gasteiger partial charge is 0.481 e. The average Bonchev–Trinajstić information content (AvgIpc) is 3.67. The molecule has 44 heavy (non-hydrogen) atoms. The molecule has 1 atom stereocenters. The van der Waals surface area contributed by atoms with E-state index in [-0.39, 0.29) is 35.4 Å². The number of Topliss-reactive ketones (excluding diaryl/α,β-unsaturated/α-hetero) is 1. The Labute approximate surface area is 261 Å². The van der Waals surface area contributed by atoms with Crippen LogP contribution in [-0.2, 0) is 32.5 Å². The number of ketones is 1. The number of likely N-dealkylation sites (tertiary alicyclic amines) is 1. The van der Waals surface area contributed by atoms with E-state index < -0.39 is 35.3 Å². The van der Waals surface area contributed by atoms with Gasteiger partial charge in [-0.2, -0.15) is 0 Å². The fourth-order valence-corrected chi connectivity index (χ4v) is 6.48. The summed E-state index contributed by atoms with van der Waals surface area (Å²) in [7, 11) is 1.84. The molecule has 9 nitrogen and oxygen atoms in total. The van der Waals surface area contributed by atoms with Crippen molar-refractivity contribution >= 4 is 45.9 Å². The molecule has 1 aromatic heterocycles. The van der Waals surface area contributed by atoms with Crippen molar-refractivity contribution in [1.82, 2.24) is 9.47 Å². The fraction of sp³-hybridized carbons (Fsp3) is 0.485. The lowest BCUT2D eigenvalue weighted by Crippen LogP contribution is -2.60. The summed E-state index contributed by atoms with van der Waals surface area (Å²) < 4.78 is 30.2. The molecule has 1 amide bonds. The Balaban J connectivity index is 1.37. The number of aliphatic carboxylic acids is 1. The number of nitrogens with zero attached hydrogens (tertiary/aromatic N) is 2. The Morgan fingerprint density at radius 2 is 1.82 bits per heavy atom. The topological polar surface area (TPSA) is 110 Å². The number of halogens is 2. The number of hydrogen-bond acceptors (Lipinski definition) is 6. The standard InChI is InChI=1S/C33H39ClFN3O6/c1-3-16-43-33(38-14-6-7-15-38,44-23-12-10-21(11-13-23)32(41)42)30(39)18-22-17-26(34)28(19-27(22)35)36-31(40)25-20-37(2)29-9-5-4-8-24(25)29/h4-5,8-9,17,19-21,23H,3,6-7,10-16,18H2,1-2H3,(H,36,40)(H,41,42). The van der Waals surface area contributed by atoms with Gasteiger partial charge < -0.3 is 24.5 Å². The molecule has 236 valence electrons. The van der Waals surface area contributed by atoms with Crippen molar-refractivity contribution in [2.45, 2.75) is 70.3 Å². The quantitative estimate of drug-likeness (QED) is 0.231. The second-order valence-electron chi connectivity index (χ2n) is 11.7. The van der Waals surface area contributed by atoms with E-state index in [1.807, 2.05) is 47.7 Å². The van der Waals surface area contributed by atoms with Crippen LogP contribution in [0.4, 0.5) is 10.1 Å². The molecule has 5 rings (SSSR count). The number of amides is 1. The van der Waals surface area contributed by atoms with Crippen LogP contribution >= 0.6 is 11.6 Å². The van der Waals surface area contributed by atoms with E-state index in [2.05, 4.69) is 5.32 Å². The van der Waals surface area contributed by atoms with Crippen molar-refractivity contribution in [3.63, 3.8) is 0 Å². The van der Waals surface area contributed by atoms with Gasteiger partial charge in [0.1, 0.15) is 5.82 Å². The first-order valence-electron chi connectivity index (χ1n) is 15.3. The second kappa shape index (κ2) is 13.8. The second-order valence-corrected chi connectivity index (χ2v) is 12.1. The third-order valence-corrected chi connectivity index (χ3v) is 8.92. The number of carboxylic acids is 1. The molecular weight excluding hydrogens is 589 g/mol. The number of carbonyl (C=O) groups excluding carboxylic acids is 2. The summed E-state index contributed by atoms with van der Waals surface area (Å²) in [6, 6.07) is 9.97. The zero-order valence-electron chi connectivity index (χ0n) is 25.1. The molecule has 0 bridgehead atoms. The summed E-state index contributed by atoms with van der Waals surface area (Å²) in [5, 5.41) is 13.0.